The zero-order valence-corrected chi connectivity index (χ0v) is 11.1. The maximum atomic E-state index is 11.6. The molecular weight excluding hydrogens is 226 g/mol. The normalized spacial score (nSPS) is 18.4. The van der Waals surface area contributed by atoms with Crippen molar-refractivity contribution in [2.45, 2.75) is 12.8 Å². The third-order valence-corrected chi connectivity index (χ3v) is 3.89. The quantitative estimate of drug-likeness (QED) is 0.759. The number of piperidine rings is 1. The van der Waals surface area contributed by atoms with Crippen LogP contribution in [0, 0.1) is 0 Å². The minimum absolute atomic E-state index is 0.239. The van der Waals surface area contributed by atoms with Crippen LogP contribution in [0.4, 0.5) is 4.79 Å². The largest absolute Gasteiger partial charge is 0.449 e. The van der Waals surface area contributed by atoms with Gasteiger partial charge in [0.25, 0.3) is 0 Å². The van der Waals surface area contributed by atoms with Gasteiger partial charge in [-0.2, -0.15) is 0 Å². The number of rotatable bonds is 3. The molecule has 1 amide bonds. The molecule has 1 aliphatic rings. The lowest BCUT2D eigenvalue weighted by Crippen LogP contribution is -2.39. The first-order chi connectivity index (χ1) is 7.38. The minimum Gasteiger partial charge on any atom is -0.449 e. The van der Waals surface area contributed by atoms with Gasteiger partial charge in [0, 0.05) is 31.7 Å². The van der Waals surface area contributed by atoms with E-state index in [2.05, 4.69) is 18.8 Å². The van der Waals surface area contributed by atoms with Crippen molar-refractivity contribution in [2.24, 2.45) is 0 Å². The lowest BCUT2D eigenvalue weighted by molar-refractivity contribution is -0.121. The summed E-state index contributed by atoms with van der Waals surface area (Å²) in [6.45, 7) is 1.52. The SMILES string of the molecule is CS(C)(C)CCOC(=O)N1CCC(=O)CC1. The van der Waals surface area contributed by atoms with Gasteiger partial charge >= 0.3 is 6.09 Å². The van der Waals surface area contributed by atoms with Crippen LogP contribution in [0.3, 0.4) is 0 Å². The number of carbonyl (C=O) groups is 2. The zero-order chi connectivity index (χ0) is 12.2. The first-order valence-electron chi connectivity index (χ1n) is 5.48. The number of Topliss-reactive ketones (excluding diaryl/α,β-unsaturated/α-hetero) is 1. The Hall–Kier alpha value is -0.710. The second-order valence-electron chi connectivity index (χ2n) is 4.93. The third kappa shape index (κ3) is 4.88. The fourth-order valence-corrected chi connectivity index (χ4v) is 1.99. The van der Waals surface area contributed by atoms with Crippen LogP contribution >= 0.6 is 10.0 Å². The molecule has 0 saturated carbocycles. The van der Waals surface area contributed by atoms with Crippen molar-refractivity contribution in [1.29, 1.82) is 0 Å². The highest BCUT2D eigenvalue weighted by atomic mass is 32.3. The molecule has 1 rings (SSSR count). The maximum absolute atomic E-state index is 11.6. The number of likely N-dealkylation sites (tertiary alicyclic amines) is 1. The smallest absolute Gasteiger partial charge is 0.409 e. The van der Waals surface area contributed by atoms with Crippen LogP contribution in [0.5, 0.6) is 0 Å². The summed E-state index contributed by atoms with van der Waals surface area (Å²) in [6.07, 6.45) is 7.26. The van der Waals surface area contributed by atoms with E-state index in [1.54, 1.807) is 4.90 Å². The molecule has 0 radical (unpaired) electrons. The van der Waals surface area contributed by atoms with Crippen molar-refractivity contribution in [2.75, 3.05) is 44.2 Å². The molecule has 1 heterocycles. The Morgan fingerprint density at radius 3 is 2.38 bits per heavy atom. The van der Waals surface area contributed by atoms with Crippen LogP contribution in [-0.4, -0.2) is 61.0 Å². The van der Waals surface area contributed by atoms with Crippen molar-refractivity contribution >= 4 is 21.9 Å². The molecular formula is C11H21NO3S. The van der Waals surface area contributed by atoms with Crippen LogP contribution in [0.1, 0.15) is 12.8 Å². The average molecular weight is 247 g/mol. The molecule has 1 fully saturated rings. The zero-order valence-electron chi connectivity index (χ0n) is 10.3. The summed E-state index contributed by atoms with van der Waals surface area (Å²) < 4.78 is 5.19. The molecule has 1 saturated heterocycles. The van der Waals surface area contributed by atoms with Gasteiger partial charge in [0.15, 0.2) is 0 Å². The van der Waals surface area contributed by atoms with Gasteiger partial charge in [0.2, 0.25) is 0 Å². The predicted molar refractivity (Wildman–Crippen MR) is 67.4 cm³/mol. The lowest BCUT2D eigenvalue weighted by atomic mass is 10.1. The van der Waals surface area contributed by atoms with Crippen molar-refractivity contribution in [3.8, 4) is 0 Å². The van der Waals surface area contributed by atoms with Gasteiger partial charge in [0.1, 0.15) is 12.4 Å². The first-order valence-corrected chi connectivity index (χ1v) is 8.50. The number of hydrogen-bond donors (Lipinski definition) is 0. The van der Waals surface area contributed by atoms with E-state index in [9.17, 15) is 9.59 Å². The van der Waals surface area contributed by atoms with E-state index in [0.29, 0.717) is 32.5 Å². The lowest BCUT2D eigenvalue weighted by Gasteiger charge is -2.27. The van der Waals surface area contributed by atoms with E-state index < -0.39 is 10.0 Å². The van der Waals surface area contributed by atoms with Crippen LogP contribution in [0.25, 0.3) is 0 Å². The average Bonchev–Trinajstić information content (AvgIpc) is 2.16. The summed E-state index contributed by atoms with van der Waals surface area (Å²) in [5.74, 6) is 1.18. The topological polar surface area (TPSA) is 46.6 Å². The molecule has 0 aromatic carbocycles. The molecule has 0 bridgehead atoms. The van der Waals surface area contributed by atoms with Gasteiger partial charge in [-0.1, -0.05) is 0 Å². The van der Waals surface area contributed by atoms with Gasteiger partial charge in [-0.25, -0.2) is 14.8 Å². The summed E-state index contributed by atoms with van der Waals surface area (Å²) in [4.78, 5) is 24.2. The molecule has 0 atom stereocenters. The van der Waals surface area contributed by atoms with E-state index in [1.807, 2.05) is 0 Å². The molecule has 94 valence electrons. The summed E-state index contributed by atoms with van der Waals surface area (Å²) in [5.41, 5.74) is 0. The maximum Gasteiger partial charge on any atom is 0.409 e. The summed E-state index contributed by atoms with van der Waals surface area (Å²) in [7, 11) is -0.609. The standard InChI is InChI=1S/C11H21NO3S/c1-16(2,3)9-8-15-11(14)12-6-4-10(13)5-7-12/h4-9H2,1-3H3. The summed E-state index contributed by atoms with van der Waals surface area (Å²) >= 11 is 0. The van der Waals surface area contributed by atoms with Crippen LogP contribution in [0.2, 0.25) is 0 Å². The number of hydrogen-bond acceptors (Lipinski definition) is 3. The second-order valence-corrected chi connectivity index (χ2v) is 9.52. The highest BCUT2D eigenvalue weighted by Gasteiger charge is 2.21. The monoisotopic (exact) mass is 247 g/mol. The van der Waals surface area contributed by atoms with Gasteiger partial charge in [-0.3, -0.25) is 4.79 Å². The second kappa shape index (κ2) is 5.57. The molecule has 0 spiro atoms. The van der Waals surface area contributed by atoms with E-state index in [0.717, 1.165) is 5.75 Å². The molecule has 0 unspecified atom stereocenters. The van der Waals surface area contributed by atoms with Gasteiger partial charge < -0.3 is 9.64 Å². The number of ether oxygens (including phenoxy) is 1. The third-order valence-electron chi connectivity index (χ3n) is 2.50. The number of ketones is 1. The molecule has 0 aromatic rings. The van der Waals surface area contributed by atoms with Gasteiger partial charge in [0.05, 0.1) is 0 Å². The molecule has 16 heavy (non-hydrogen) atoms. The fraction of sp³-hybridized carbons (Fsp3) is 0.818. The molecule has 4 nitrogen and oxygen atoms in total. The fourth-order valence-electron chi connectivity index (χ4n) is 1.41. The molecule has 0 aliphatic carbocycles. The Bertz CT molecular complexity index is 263. The Morgan fingerprint density at radius 1 is 1.31 bits per heavy atom. The number of carbonyl (C=O) groups excluding carboxylic acids is 2. The van der Waals surface area contributed by atoms with Gasteiger partial charge in [-0.15, -0.1) is 0 Å². The predicted octanol–water partition coefficient (Wildman–Crippen LogP) is 1.48. The van der Waals surface area contributed by atoms with E-state index in [1.165, 1.54) is 0 Å². The highest BCUT2D eigenvalue weighted by Crippen LogP contribution is 2.33. The van der Waals surface area contributed by atoms with Crippen LogP contribution < -0.4 is 0 Å². The van der Waals surface area contributed by atoms with E-state index in [4.69, 9.17) is 4.74 Å². The van der Waals surface area contributed by atoms with Crippen molar-refractivity contribution in [3.05, 3.63) is 0 Å². The van der Waals surface area contributed by atoms with E-state index >= 15 is 0 Å². The Labute approximate surface area is 98.6 Å². The summed E-state index contributed by atoms with van der Waals surface area (Å²) in [6, 6.07) is 0. The number of amides is 1. The molecule has 0 aromatic heterocycles. The number of nitrogens with zero attached hydrogens (tertiary/aromatic N) is 1. The minimum atomic E-state index is -0.609. The Morgan fingerprint density at radius 2 is 1.88 bits per heavy atom. The van der Waals surface area contributed by atoms with Crippen molar-refractivity contribution in [3.63, 3.8) is 0 Å². The molecule has 1 aliphatic heterocycles. The van der Waals surface area contributed by atoms with E-state index in [-0.39, 0.29) is 11.9 Å². The summed E-state index contributed by atoms with van der Waals surface area (Å²) in [5, 5.41) is 0. The highest BCUT2D eigenvalue weighted by molar-refractivity contribution is 8.32. The van der Waals surface area contributed by atoms with Crippen LogP contribution in [0.15, 0.2) is 0 Å². The van der Waals surface area contributed by atoms with Crippen molar-refractivity contribution < 1.29 is 14.3 Å². The van der Waals surface area contributed by atoms with Crippen molar-refractivity contribution in [1.82, 2.24) is 4.90 Å². The van der Waals surface area contributed by atoms with Gasteiger partial charge in [-0.05, 0) is 18.8 Å². The molecule has 5 heteroatoms. The Balaban J connectivity index is 2.22. The molecule has 0 N–H and O–H groups in total. The Kier molecular flexibility index (Phi) is 4.65. The first kappa shape index (κ1) is 13.4. The van der Waals surface area contributed by atoms with Crippen LogP contribution in [-0.2, 0) is 9.53 Å².